The zero-order valence-electron chi connectivity index (χ0n) is 14.5. The number of thioether (sulfide) groups is 1. The largest absolute Gasteiger partial charge is 0.382 e. The fourth-order valence-electron chi connectivity index (χ4n) is 3.05. The third kappa shape index (κ3) is 2.68. The normalized spacial score (nSPS) is 11.2. The van der Waals surface area contributed by atoms with Gasteiger partial charge in [0, 0.05) is 10.6 Å². The minimum absolute atomic E-state index is 0.179. The van der Waals surface area contributed by atoms with Crippen molar-refractivity contribution in [2.75, 3.05) is 12.0 Å². The van der Waals surface area contributed by atoms with Crippen LogP contribution in [0.4, 0.5) is 5.82 Å². The number of aromatic nitrogens is 3. The predicted molar refractivity (Wildman–Crippen MR) is 108 cm³/mol. The van der Waals surface area contributed by atoms with Gasteiger partial charge in [0.15, 0.2) is 5.82 Å². The van der Waals surface area contributed by atoms with Crippen LogP contribution in [0.5, 0.6) is 0 Å². The van der Waals surface area contributed by atoms with Gasteiger partial charge in [-0.3, -0.25) is 14.5 Å². The number of pyridine rings is 1. The van der Waals surface area contributed by atoms with Gasteiger partial charge < -0.3 is 5.73 Å². The lowest BCUT2D eigenvalue weighted by Gasteiger charge is -2.14. The van der Waals surface area contributed by atoms with Crippen molar-refractivity contribution in [2.45, 2.75) is 11.8 Å². The average molecular weight is 362 g/mol. The predicted octanol–water partition coefficient (Wildman–Crippen LogP) is 3.99. The zero-order valence-corrected chi connectivity index (χ0v) is 15.3. The Labute approximate surface area is 154 Å². The summed E-state index contributed by atoms with van der Waals surface area (Å²) in [6.07, 6.45) is 2.04. The molecule has 4 rings (SSSR count). The minimum atomic E-state index is -0.179. The van der Waals surface area contributed by atoms with E-state index in [0.717, 1.165) is 22.5 Å². The van der Waals surface area contributed by atoms with E-state index in [1.165, 1.54) is 4.90 Å². The number of nitrogens with two attached hydrogens (primary N) is 1. The maximum Gasteiger partial charge on any atom is 0.268 e. The van der Waals surface area contributed by atoms with Gasteiger partial charge in [-0.05, 0) is 49.1 Å². The fraction of sp³-hybridized carbons (Fsp3) is 0.100. The molecule has 0 unspecified atom stereocenters. The first-order valence-corrected chi connectivity index (χ1v) is 9.42. The van der Waals surface area contributed by atoms with E-state index in [0.29, 0.717) is 10.9 Å². The van der Waals surface area contributed by atoms with Gasteiger partial charge in [-0.25, -0.2) is 0 Å². The van der Waals surface area contributed by atoms with Gasteiger partial charge in [-0.2, -0.15) is 5.10 Å². The van der Waals surface area contributed by atoms with Crippen LogP contribution in [0.25, 0.3) is 27.8 Å². The van der Waals surface area contributed by atoms with Crippen molar-refractivity contribution < 1.29 is 0 Å². The van der Waals surface area contributed by atoms with Crippen LogP contribution in [0.2, 0.25) is 0 Å². The molecule has 5 nitrogen and oxygen atoms in total. The zero-order chi connectivity index (χ0) is 18.3. The molecule has 3 N–H and O–H groups in total. The Balaban J connectivity index is 2.05. The highest BCUT2D eigenvalue weighted by Crippen LogP contribution is 2.27. The summed E-state index contributed by atoms with van der Waals surface area (Å²) in [4.78, 5) is 14.4. The second-order valence-electron chi connectivity index (χ2n) is 6.13. The number of nitrogens with zero attached hydrogens (tertiary/aromatic N) is 2. The van der Waals surface area contributed by atoms with Crippen LogP contribution < -0.4 is 11.3 Å². The third-order valence-electron chi connectivity index (χ3n) is 4.44. The molecule has 2 heterocycles. The number of fused-ring (bicyclic) bond motifs is 1. The number of anilines is 1. The lowest BCUT2D eigenvalue weighted by Crippen LogP contribution is -2.20. The van der Waals surface area contributed by atoms with E-state index in [9.17, 15) is 4.79 Å². The summed E-state index contributed by atoms with van der Waals surface area (Å²) in [6, 6.07) is 17.9. The summed E-state index contributed by atoms with van der Waals surface area (Å²) in [5, 5.41) is 7.27. The molecule has 0 saturated carbocycles. The van der Waals surface area contributed by atoms with Crippen molar-refractivity contribution in [1.29, 1.82) is 0 Å². The molecule has 0 aliphatic carbocycles. The number of nitrogens with one attached hydrogen (secondary N) is 1. The monoisotopic (exact) mass is 362 g/mol. The number of rotatable bonds is 3. The molecule has 0 aliphatic heterocycles. The Bertz CT molecular complexity index is 1140. The standard InChI is InChI=1S/C20H18N4OS/c1-12-3-7-14(8-4-12)24-17(13-5-9-15(26-2)10-6-13)11-16-18(20(24)25)19(21)23-22-16/h3-11H,1-2H3,(H3,21,22,23). The molecule has 0 saturated heterocycles. The lowest BCUT2D eigenvalue weighted by molar-refractivity contribution is 1.02. The number of hydrogen-bond acceptors (Lipinski definition) is 4. The number of nitrogen functional groups attached to an aromatic ring is 1. The first-order chi connectivity index (χ1) is 12.6. The number of benzene rings is 2. The van der Waals surface area contributed by atoms with Crippen molar-refractivity contribution in [1.82, 2.24) is 14.8 Å². The average Bonchev–Trinajstić information content (AvgIpc) is 3.04. The van der Waals surface area contributed by atoms with Crippen molar-refractivity contribution in [3.8, 4) is 16.9 Å². The second-order valence-corrected chi connectivity index (χ2v) is 7.01. The van der Waals surface area contributed by atoms with E-state index in [2.05, 4.69) is 22.3 Å². The maximum absolute atomic E-state index is 13.2. The molecule has 0 fully saturated rings. The van der Waals surface area contributed by atoms with Gasteiger partial charge in [-0.15, -0.1) is 11.8 Å². The van der Waals surface area contributed by atoms with Crippen LogP contribution >= 0.6 is 11.8 Å². The Morgan fingerprint density at radius 1 is 1.08 bits per heavy atom. The van der Waals surface area contributed by atoms with Gasteiger partial charge in [0.25, 0.3) is 5.56 Å². The Kier molecular flexibility index (Phi) is 4.05. The van der Waals surface area contributed by atoms with Gasteiger partial charge in [0.1, 0.15) is 5.39 Å². The van der Waals surface area contributed by atoms with E-state index in [4.69, 9.17) is 5.73 Å². The van der Waals surface area contributed by atoms with E-state index in [-0.39, 0.29) is 11.4 Å². The summed E-state index contributed by atoms with van der Waals surface area (Å²) in [6.45, 7) is 2.02. The molecule has 130 valence electrons. The Morgan fingerprint density at radius 2 is 1.77 bits per heavy atom. The van der Waals surface area contributed by atoms with Gasteiger partial charge in [-0.1, -0.05) is 29.8 Å². The smallest absolute Gasteiger partial charge is 0.268 e. The van der Waals surface area contributed by atoms with Crippen LogP contribution in [0.1, 0.15) is 5.56 Å². The van der Waals surface area contributed by atoms with Crippen LogP contribution in [0.3, 0.4) is 0 Å². The lowest BCUT2D eigenvalue weighted by atomic mass is 10.1. The summed E-state index contributed by atoms with van der Waals surface area (Å²) < 4.78 is 1.70. The molecule has 0 atom stereocenters. The van der Waals surface area contributed by atoms with E-state index < -0.39 is 0 Å². The molecule has 0 aliphatic rings. The SMILES string of the molecule is CSc1ccc(-c2cc3[nH]nc(N)c3c(=O)n2-c2ccc(C)cc2)cc1. The minimum Gasteiger partial charge on any atom is -0.382 e. The topological polar surface area (TPSA) is 76.7 Å². The van der Waals surface area contributed by atoms with Gasteiger partial charge in [0.2, 0.25) is 0 Å². The van der Waals surface area contributed by atoms with Gasteiger partial charge >= 0.3 is 0 Å². The van der Waals surface area contributed by atoms with Crippen molar-refractivity contribution in [2.24, 2.45) is 0 Å². The highest BCUT2D eigenvalue weighted by atomic mass is 32.2. The molecule has 2 aromatic carbocycles. The highest BCUT2D eigenvalue weighted by molar-refractivity contribution is 7.98. The molecule has 26 heavy (non-hydrogen) atoms. The Hall–Kier alpha value is -2.99. The molecular formula is C20H18N4OS. The molecule has 6 heteroatoms. The first-order valence-electron chi connectivity index (χ1n) is 8.19. The first kappa shape index (κ1) is 16.5. The molecule has 0 spiro atoms. The number of hydrogen-bond donors (Lipinski definition) is 2. The molecule has 0 bridgehead atoms. The molecule has 0 radical (unpaired) electrons. The summed E-state index contributed by atoms with van der Waals surface area (Å²) >= 11 is 1.68. The summed E-state index contributed by atoms with van der Waals surface area (Å²) in [5.74, 6) is 0.218. The van der Waals surface area contributed by atoms with Crippen molar-refractivity contribution >= 4 is 28.5 Å². The van der Waals surface area contributed by atoms with Crippen molar-refractivity contribution in [3.63, 3.8) is 0 Å². The highest BCUT2D eigenvalue weighted by Gasteiger charge is 2.16. The molecular weight excluding hydrogens is 344 g/mol. The third-order valence-corrected chi connectivity index (χ3v) is 5.18. The van der Waals surface area contributed by atoms with Gasteiger partial charge in [0.05, 0.1) is 11.2 Å². The fourth-order valence-corrected chi connectivity index (χ4v) is 3.45. The summed E-state index contributed by atoms with van der Waals surface area (Å²) in [5.41, 5.74) is 10.1. The van der Waals surface area contributed by atoms with E-state index >= 15 is 0 Å². The quantitative estimate of drug-likeness (QED) is 0.540. The van der Waals surface area contributed by atoms with Crippen LogP contribution in [-0.2, 0) is 0 Å². The number of aryl methyl sites for hydroxylation is 1. The van der Waals surface area contributed by atoms with Crippen molar-refractivity contribution in [3.05, 3.63) is 70.5 Å². The van der Waals surface area contributed by atoms with Crippen LogP contribution in [-0.4, -0.2) is 21.0 Å². The Morgan fingerprint density at radius 3 is 2.42 bits per heavy atom. The number of aromatic amines is 1. The van der Waals surface area contributed by atoms with Crippen LogP contribution in [0, 0.1) is 6.92 Å². The number of H-pyrrole nitrogens is 1. The molecule has 2 aromatic heterocycles. The second kappa shape index (κ2) is 6.38. The molecule has 0 amide bonds. The van der Waals surface area contributed by atoms with E-state index in [1.54, 1.807) is 16.3 Å². The summed E-state index contributed by atoms with van der Waals surface area (Å²) in [7, 11) is 0. The van der Waals surface area contributed by atoms with E-state index in [1.807, 2.05) is 55.6 Å². The molecule has 4 aromatic rings. The van der Waals surface area contributed by atoms with Crippen LogP contribution in [0.15, 0.2) is 64.3 Å². The maximum atomic E-state index is 13.2.